The summed E-state index contributed by atoms with van der Waals surface area (Å²) in [5.74, 6) is -1.71. The number of hydrogen-bond acceptors (Lipinski definition) is 3. The predicted molar refractivity (Wildman–Crippen MR) is 133 cm³/mol. The monoisotopic (exact) mass is 469 g/mol. The molecular formula is C28H24FN3O3. The van der Waals surface area contributed by atoms with Gasteiger partial charge in [0.1, 0.15) is 11.9 Å². The smallest absolute Gasteiger partial charge is 0.405 e. The summed E-state index contributed by atoms with van der Waals surface area (Å²) in [5.41, 5.74) is 3.66. The Bertz CT molecular complexity index is 1290. The van der Waals surface area contributed by atoms with Crippen LogP contribution in [0.4, 0.5) is 14.9 Å². The molecule has 0 saturated carbocycles. The van der Waals surface area contributed by atoms with Gasteiger partial charge in [0, 0.05) is 29.6 Å². The topological polar surface area (TPSA) is 91.3 Å². The Morgan fingerprint density at radius 2 is 1.51 bits per heavy atom. The minimum absolute atomic E-state index is 0.222. The zero-order valence-corrected chi connectivity index (χ0v) is 19.0. The van der Waals surface area contributed by atoms with E-state index in [4.69, 9.17) is 0 Å². The summed E-state index contributed by atoms with van der Waals surface area (Å²) in [4.78, 5) is 29.1. The molecule has 0 spiro atoms. The molecule has 3 N–H and O–H groups in total. The first kappa shape index (κ1) is 23.6. The lowest BCUT2D eigenvalue weighted by molar-refractivity contribution is -0.118. The number of carbonyl (C=O) groups is 2. The highest BCUT2D eigenvalue weighted by atomic mass is 19.1. The fourth-order valence-corrected chi connectivity index (χ4v) is 4.14. The van der Waals surface area contributed by atoms with E-state index < -0.39 is 29.8 Å². The summed E-state index contributed by atoms with van der Waals surface area (Å²) >= 11 is 0. The molecule has 35 heavy (non-hydrogen) atoms. The third-order valence-electron chi connectivity index (χ3n) is 5.76. The van der Waals surface area contributed by atoms with Crippen LogP contribution in [0.2, 0.25) is 0 Å². The second-order valence-electron chi connectivity index (χ2n) is 8.10. The molecule has 7 heteroatoms. The maximum absolute atomic E-state index is 15.0. The van der Waals surface area contributed by atoms with Gasteiger partial charge in [0.05, 0.1) is 0 Å². The maximum atomic E-state index is 15.0. The maximum Gasteiger partial charge on any atom is 0.405 e. The lowest BCUT2D eigenvalue weighted by atomic mass is 9.84. The van der Waals surface area contributed by atoms with Crippen LogP contribution in [-0.4, -0.2) is 28.1 Å². The molecule has 1 unspecified atom stereocenters. The molecule has 0 radical (unpaired) electrons. The summed E-state index contributed by atoms with van der Waals surface area (Å²) in [5, 5.41) is 14.6. The zero-order valence-electron chi connectivity index (χ0n) is 19.0. The number of aryl methyl sites for hydroxylation is 1. The number of nitrogens with zero attached hydrogens (tertiary/aromatic N) is 1. The largest absolute Gasteiger partial charge is 0.465 e. The number of halogens is 1. The number of benzene rings is 3. The molecule has 2 amide bonds. The molecule has 0 bridgehead atoms. The standard InChI is InChI=1S/C28H24FN3O3/c1-18-17-30-15-14-22(18)23-13-12-21(16-24(23)29)31-27(33)26(32-28(34)35)25(19-8-4-2-5-9-19)20-10-6-3-7-11-20/h2-17,25-26,32H,1H3,(H,31,33)(H,34,35). The van der Waals surface area contributed by atoms with Crippen LogP contribution < -0.4 is 10.6 Å². The van der Waals surface area contributed by atoms with Crippen LogP contribution in [-0.2, 0) is 4.79 Å². The molecule has 0 aliphatic rings. The first-order valence-corrected chi connectivity index (χ1v) is 11.0. The van der Waals surface area contributed by atoms with Crippen LogP contribution >= 0.6 is 0 Å². The van der Waals surface area contributed by atoms with Crippen molar-refractivity contribution in [3.05, 3.63) is 120 Å². The van der Waals surface area contributed by atoms with E-state index in [2.05, 4.69) is 15.6 Å². The van der Waals surface area contributed by atoms with E-state index in [9.17, 15) is 19.1 Å². The molecule has 3 aromatic carbocycles. The Hall–Kier alpha value is -4.52. The van der Waals surface area contributed by atoms with Crippen molar-refractivity contribution >= 4 is 17.7 Å². The van der Waals surface area contributed by atoms with Gasteiger partial charge >= 0.3 is 6.09 Å². The van der Waals surface area contributed by atoms with Gasteiger partial charge < -0.3 is 15.7 Å². The summed E-state index contributed by atoms with van der Waals surface area (Å²) in [6, 6.07) is 23.3. The van der Waals surface area contributed by atoms with E-state index in [1.54, 1.807) is 30.6 Å². The molecule has 176 valence electrons. The Morgan fingerprint density at radius 3 is 2.06 bits per heavy atom. The Morgan fingerprint density at radius 1 is 0.886 bits per heavy atom. The van der Waals surface area contributed by atoms with Gasteiger partial charge in [-0.25, -0.2) is 9.18 Å². The number of pyridine rings is 1. The van der Waals surface area contributed by atoms with Gasteiger partial charge in [-0.3, -0.25) is 9.78 Å². The number of nitrogens with one attached hydrogen (secondary N) is 2. The molecular weight excluding hydrogens is 445 g/mol. The Balaban J connectivity index is 1.67. The van der Waals surface area contributed by atoms with E-state index in [1.807, 2.05) is 67.6 Å². The number of aromatic nitrogens is 1. The van der Waals surface area contributed by atoms with Crippen molar-refractivity contribution in [2.45, 2.75) is 18.9 Å². The van der Waals surface area contributed by atoms with Gasteiger partial charge in [-0.1, -0.05) is 60.7 Å². The Kier molecular flexibility index (Phi) is 7.16. The number of hydrogen-bond donors (Lipinski definition) is 3. The van der Waals surface area contributed by atoms with Gasteiger partial charge in [-0.05, 0) is 53.4 Å². The molecule has 1 heterocycles. The summed E-state index contributed by atoms with van der Waals surface area (Å²) in [6.45, 7) is 1.84. The predicted octanol–water partition coefficient (Wildman–Crippen LogP) is 5.60. The third kappa shape index (κ3) is 5.52. The van der Waals surface area contributed by atoms with Crippen LogP contribution in [0, 0.1) is 12.7 Å². The molecule has 4 aromatic rings. The number of anilines is 1. The summed E-state index contributed by atoms with van der Waals surface area (Å²) < 4.78 is 15.0. The van der Waals surface area contributed by atoms with Crippen LogP contribution in [0.15, 0.2) is 97.3 Å². The fourth-order valence-electron chi connectivity index (χ4n) is 4.14. The molecule has 0 saturated heterocycles. The molecule has 6 nitrogen and oxygen atoms in total. The normalized spacial score (nSPS) is 11.6. The minimum Gasteiger partial charge on any atom is -0.465 e. The fraction of sp³-hybridized carbons (Fsp3) is 0.107. The number of rotatable bonds is 7. The van der Waals surface area contributed by atoms with Crippen LogP contribution in [0.1, 0.15) is 22.6 Å². The molecule has 0 fully saturated rings. The van der Waals surface area contributed by atoms with Gasteiger partial charge in [-0.2, -0.15) is 0 Å². The Labute approximate surface area is 202 Å². The van der Waals surface area contributed by atoms with Crippen molar-refractivity contribution in [2.24, 2.45) is 0 Å². The lowest BCUT2D eigenvalue weighted by Gasteiger charge is -2.27. The highest BCUT2D eigenvalue weighted by Crippen LogP contribution is 2.30. The van der Waals surface area contributed by atoms with Gasteiger partial charge in [-0.15, -0.1) is 0 Å². The van der Waals surface area contributed by atoms with Crippen LogP contribution in [0.25, 0.3) is 11.1 Å². The number of carbonyl (C=O) groups excluding carboxylic acids is 1. The second-order valence-corrected chi connectivity index (χ2v) is 8.10. The molecule has 1 atom stereocenters. The first-order chi connectivity index (χ1) is 16.9. The average molecular weight is 470 g/mol. The summed E-state index contributed by atoms with van der Waals surface area (Å²) in [6.07, 6.45) is 1.91. The van der Waals surface area contributed by atoms with E-state index in [1.165, 1.54) is 6.07 Å². The van der Waals surface area contributed by atoms with Crippen molar-refractivity contribution in [2.75, 3.05) is 5.32 Å². The average Bonchev–Trinajstić information content (AvgIpc) is 2.85. The van der Waals surface area contributed by atoms with Gasteiger partial charge in [0.15, 0.2) is 0 Å². The third-order valence-corrected chi connectivity index (χ3v) is 5.76. The SMILES string of the molecule is Cc1cnccc1-c1ccc(NC(=O)C(NC(=O)O)C(c2ccccc2)c2ccccc2)cc1F. The van der Waals surface area contributed by atoms with E-state index in [0.29, 0.717) is 11.1 Å². The highest BCUT2D eigenvalue weighted by Gasteiger charge is 2.32. The number of carboxylic acid groups (broad SMARTS) is 1. The van der Waals surface area contributed by atoms with E-state index in [0.717, 1.165) is 16.7 Å². The quantitative estimate of drug-likeness (QED) is 0.328. The van der Waals surface area contributed by atoms with Crippen molar-refractivity contribution in [3.63, 3.8) is 0 Å². The zero-order chi connectivity index (χ0) is 24.8. The van der Waals surface area contributed by atoms with Crippen molar-refractivity contribution in [3.8, 4) is 11.1 Å². The van der Waals surface area contributed by atoms with Crippen molar-refractivity contribution < 1.29 is 19.1 Å². The minimum atomic E-state index is -1.34. The first-order valence-electron chi connectivity index (χ1n) is 11.0. The molecule has 1 aromatic heterocycles. The van der Waals surface area contributed by atoms with Crippen molar-refractivity contribution in [1.82, 2.24) is 10.3 Å². The summed E-state index contributed by atoms with van der Waals surface area (Å²) in [7, 11) is 0. The number of amides is 2. The van der Waals surface area contributed by atoms with Gasteiger partial charge in [0.25, 0.3) is 0 Å². The van der Waals surface area contributed by atoms with Crippen molar-refractivity contribution in [1.29, 1.82) is 0 Å². The van der Waals surface area contributed by atoms with E-state index >= 15 is 0 Å². The lowest BCUT2D eigenvalue weighted by Crippen LogP contribution is -2.47. The van der Waals surface area contributed by atoms with Gasteiger partial charge in [0.2, 0.25) is 5.91 Å². The molecule has 0 aliphatic carbocycles. The van der Waals surface area contributed by atoms with Crippen LogP contribution in [0.5, 0.6) is 0 Å². The van der Waals surface area contributed by atoms with E-state index in [-0.39, 0.29) is 5.69 Å². The molecule has 4 rings (SSSR count). The highest BCUT2D eigenvalue weighted by molar-refractivity contribution is 5.97. The molecule has 0 aliphatic heterocycles. The second kappa shape index (κ2) is 10.6. The van der Waals surface area contributed by atoms with Crippen LogP contribution in [0.3, 0.4) is 0 Å².